The van der Waals surface area contributed by atoms with Gasteiger partial charge in [0.05, 0.1) is 12.1 Å². The molecule has 7 heteroatoms. The van der Waals surface area contributed by atoms with Crippen molar-refractivity contribution in [1.82, 2.24) is 5.32 Å². The molecule has 0 aliphatic rings. The van der Waals surface area contributed by atoms with Gasteiger partial charge in [-0.25, -0.2) is 4.79 Å². The lowest BCUT2D eigenvalue weighted by Crippen LogP contribution is -2.35. The molecule has 0 atom stereocenters. The summed E-state index contributed by atoms with van der Waals surface area (Å²) in [4.78, 5) is 36.7. The van der Waals surface area contributed by atoms with Crippen LogP contribution >= 0.6 is 11.8 Å². The zero-order valence-corrected chi connectivity index (χ0v) is 16.3. The molecular weight excluding hydrogens is 364 g/mol. The Bertz CT molecular complexity index is 852. The number of rotatable bonds is 7. The Morgan fingerprint density at radius 3 is 2.48 bits per heavy atom. The molecule has 0 spiro atoms. The Balaban J connectivity index is 1.79. The molecule has 2 N–H and O–H groups in total. The van der Waals surface area contributed by atoms with Crippen molar-refractivity contribution in [3.63, 3.8) is 0 Å². The molecule has 0 unspecified atom stereocenters. The number of hydrogen-bond acceptors (Lipinski definition) is 5. The summed E-state index contributed by atoms with van der Waals surface area (Å²) < 4.78 is 5.02. The number of carbonyl (C=O) groups excluding carboxylic acids is 3. The maximum absolute atomic E-state index is 12.1. The topological polar surface area (TPSA) is 84.5 Å². The van der Waals surface area contributed by atoms with Crippen molar-refractivity contribution in [2.45, 2.75) is 18.7 Å². The minimum atomic E-state index is -0.574. The highest BCUT2D eigenvalue weighted by Gasteiger charge is 2.14. The molecule has 2 rings (SSSR count). The number of amides is 2. The molecule has 0 aromatic heterocycles. The summed E-state index contributed by atoms with van der Waals surface area (Å²) in [5.41, 5.74) is 3.15. The fraction of sp³-hybridized carbons (Fsp3) is 0.250. The van der Waals surface area contributed by atoms with Crippen molar-refractivity contribution in [3.05, 3.63) is 59.2 Å². The predicted molar refractivity (Wildman–Crippen MR) is 106 cm³/mol. The molecule has 0 fully saturated rings. The van der Waals surface area contributed by atoms with Gasteiger partial charge < -0.3 is 15.4 Å². The first kappa shape index (κ1) is 20.5. The number of nitrogens with one attached hydrogen (secondary N) is 2. The van der Waals surface area contributed by atoms with Crippen LogP contribution in [0.4, 0.5) is 5.69 Å². The van der Waals surface area contributed by atoms with E-state index in [0.717, 1.165) is 16.0 Å². The minimum absolute atomic E-state index is 0.203. The van der Waals surface area contributed by atoms with E-state index >= 15 is 0 Å². The van der Waals surface area contributed by atoms with Gasteiger partial charge in [0.1, 0.15) is 0 Å². The number of aryl methyl sites for hydroxylation is 1. The zero-order chi connectivity index (χ0) is 19.8. The minimum Gasteiger partial charge on any atom is -0.452 e. The molecular formula is C20H22N2O4S. The van der Waals surface area contributed by atoms with Crippen molar-refractivity contribution < 1.29 is 19.1 Å². The number of carbonyl (C=O) groups is 3. The van der Waals surface area contributed by atoms with Gasteiger partial charge in [0.15, 0.2) is 6.61 Å². The Kier molecular flexibility index (Phi) is 7.43. The lowest BCUT2D eigenvalue weighted by molar-refractivity contribution is -0.126. The highest BCUT2D eigenvalue weighted by Crippen LogP contribution is 2.20. The third kappa shape index (κ3) is 5.86. The third-order valence-corrected chi connectivity index (χ3v) is 4.78. The van der Waals surface area contributed by atoms with Crippen LogP contribution in [0.1, 0.15) is 21.5 Å². The van der Waals surface area contributed by atoms with Gasteiger partial charge in [0.2, 0.25) is 5.91 Å². The highest BCUT2D eigenvalue weighted by molar-refractivity contribution is 7.98. The molecule has 0 saturated heterocycles. The SMILES string of the molecule is CSc1ccccc1C(=O)OCC(=O)NCC(=O)Nc1cccc(C)c1C. The van der Waals surface area contributed by atoms with Crippen LogP contribution in [0.15, 0.2) is 47.4 Å². The van der Waals surface area contributed by atoms with Crippen LogP contribution in [0.3, 0.4) is 0 Å². The van der Waals surface area contributed by atoms with Crippen molar-refractivity contribution in [2.75, 3.05) is 24.7 Å². The molecule has 0 heterocycles. The summed E-state index contributed by atoms with van der Waals surface area (Å²) in [6, 6.07) is 12.6. The maximum Gasteiger partial charge on any atom is 0.339 e. The standard InChI is InChI=1S/C20H22N2O4S/c1-13-7-6-9-16(14(13)2)22-18(23)11-21-19(24)12-26-20(25)15-8-4-5-10-17(15)27-3/h4-10H,11-12H2,1-3H3,(H,21,24)(H,22,23). The molecule has 0 bridgehead atoms. The third-order valence-electron chi connectivity index (χ3n) is 3.99. The molecule has 0 saturated carbocycles. The van der Waals surface area contributed by atoms with E-state index in [9.17, 15) is 14.4 Å². The van der Waals surface area contributed by atoms with Crippen LogP contribution in [0.5, 0.6) is 0 Å². The number of esters is 1. The molecule has 6 nitrogen and oxygen atoms in total. The van der Waals surface area contributed by atoms with Crippen LogP contribution < -0.4 is 10.6 Å². The Morgan fingerprint density at radius 1 is 1.00 bits per heavy atom. The first-order chi connectivity index (χ1) is 12.9. The molecule has 142 valence electrons. The second-order valence-corrected chi connectivity index (χ2v) is 6.70. The predicted octanol–water partition coefficient (Wildman–Crippen LogP) is 2.94. The van der Waals surface area contributed by atoms with E-state index in [2.05, 4.69) is 10.6 Å². The van der Waals surface area contributed by atoms with Crippen LogP contribution in [0.2, 0.25) is 0 Å². The molecule has 0 aliphatic heterocycles. The molecule has 2 aromatic rings. The Labute approximate surface area is 162 Å². The monoisotopic (exact) mass is 386 g/mol. The maximum atomic E-state index is 12.1. The van der Waals surface area contributed by atoms with E-state index in [0.29, 0.717) is 11.3 Å². The molecule has 27 heavy (non-hydrogen) atoms. The number of benzene rings is 2. The summed E-state index contributed by atoms with van der Waals surface area (Å²) in [6.45, 7) is 3.22. The van der Waals surface area contributed by atoms with E-state index in [4.69, 9.17) is 4.74 Å². The first-order valence-corrected chi connectivity index (χ1v) is 9.57. The average Bonchev–Trinajstić information content (AvgIpc) is 2.68. The van der Waals surface area contributed by atoms with Crippen LogP contribution in [-0.4, -0.2) is 37.2 Å². The van der Waals surface area contributed by atoms with Gasteiger partial charge >= 0.3 is 5.97 Å². The van der Waals surface area contributed by atoms with Gasteiger partial charge in [-0.05, 0) is 49.4 Å². The van der Waals surface area contributed by atoms with Gasteiger partial charge in [0.25, 0.3) is 5.91 Å². The number of ether oxygens (including phenoxy) is 1. The molecule has 0 aliphatic carbocycles. The van der Waals surface area contributed by atoms with Gasteiger partial charge in [-0.2, -0.15) is 0 Å². The van der Waals surface area contributed by atoms with E-state index < -0.39 is 18.5 Å². The number of thioether (sulfide) groups is 1. The zero-order valence-electron chi connectivity index (χ0n) is 15.5. The number of hydrogen-bond donors (Lipinski definition) is 2. The first-order valence-electron chi connectivity index (χ1n) is 8.35. The van der Waals surface area contributed by atoms with Gasteiger partial charge in [0, 0.05) is 10.6 Å². The van der Waals surface area contributed by atoms with E-state index in [1.807, 2.05) is 38.3 Å². The second-order valence-electron chi connectivity index (χ2n) is 5.85. The average molecular weight is 386 g/mol. The summed E-state index contributed by atoms with van der Waals surface area (Å²) in [6.07, 6.45) is 1.85. The van der Waals surface area contributed by atoms with E-state index in [1.54, 1.807) is 24.3 Å². The smallest absolute Gasteiger partial charge is 0.339 e. The number of anilines is 1. The van der Waals surface area contributed by atoms with Crippen molar-refractivity contribution >= 4 is 35.2 Å². The lowest BCUT2D eigenvalue weighted by Gasteiger charge is -2.11. The Hall–Kier alpha value is -2.80. The second kappa shape index (κ2) is 9.78. The van der Waals surface area contributed by atoms with Gasteiger partial charge in [-0.3, -0.25) is 9.59 Å². The normalized spacial score (nSPS) is 10.2. The summed E-state index contributed by atoms with van der Waals surface area (Å²) in [7, 11) is 0. The highest BCUT2D eigenvalue weighted by atomic mass is 32.2. The van der Waals surface area contributed by atoms with Crippen molar-refractivity contribution in [3.8, 4) is 0 Å². The van der Waals surface area contributed by atoms with Crippen LogP contribution in [0.25, 0.3) is 0 Å². The van der Waals surface area contributed by atoms with Crippen molar-refractivity contribution in [2.24, 2.45) is 0 Å². The van der Waals surface area contributed by atoms with Crippen molar-refractivity contribution in [1.29, 1.82) is 0 Å². The summed E-state index contributed by atoms with van der Waals surface area (Å²) >= 11 is 1.42. The largest absolute Gasteiger partial charge is 0.452 e. The van der Waals surface area contributed by atoms with Gasteiger partial charge in [-0.1, -0.05) is 24.3 Å². The van der Waals surface area contributed by atoms with E-state index in [-0.39, 0.29) is 12.5 Å². The van der Waals surface area contributed by atoms with Crippen LogP contribution in [-0.2, 0) is 14.3 Å². The molecule has 2 aromatic carbocycles. The van der Waals surface area contributed by atoms with E-state index in [1.165, 1.54) is 11.8 Å². The fourth-order valence-electron chi connectivity index (χ4n) is 2.33. The van der Waals surface area contributed by atoms with Gasteiger partial charge in [-0.15, -0.1) is 11.8 Å². The molecule has 0 radical (unpaired) electrons. The molecule has 2 amide bonds. The summed E-state index contributed by atoms with van der Waals surface area (Å²) in [5, 5.41) is 5.19. The Morgan fingerprint density at radius 2 is 1.74 bits per heavy atom. The van der Waals surface area contributed by atoms with Crippen LogP contribution in [0, 0.1) is 13.8 Å². The quantitative estimate of drug-likeness (QED) is 0.565. The summed E-state index contributed by atoms with van der Waals surface area (Å²) in [5.74, 6) is -1.47. The fourth-order valence-corrected chi connectivity index (χ4v) is 2.92. The lowest BCUT2D eigenvalue weighted by atomic mass is 10.1.